The van der Waals surface area contributed by atoms with Crippen LogP contribution in [0.25, 0.3) is 10.9 Å². The number of nitrogens with one attached hydrogen (secondary N) is 1. The van der Waals surface area contributed by atoms with Crippen LogP contribution in [0.5, 0.6) is 0 Å². The van der Waals surface area contributed by atoms with Gasteiger partial charge >= 0.3 is 0 Å². The van der Waals surface area contributed by atoms with Gasteiger partial charge in [0.05, 0.1) is 17.7 Å². The summed E-state index contributed by atoms with van der Waals surface area (Å²) in [7, 11) is 1.77. The summed E-state index contributed by atoms with van der Waals surface area (Å²) in [6.45, 7) is 0.500. The lowest BCUT2D eigenvalue weighted by Crippen LogP contribution is -2.26. The minimum atomic E-state index is -0.0622. The molecule has 0 unspecified atom stereocenters. The van der Waals surface area contributed by atoms with E-state index >= 15 is 0 Å². The summed E-state index contributed by atoms with van der Waals surface area (Å²) in [4.78, 5) is 21.3. The molecule has 1 aromatic carbocycles. The summed E-state index contributed by atoms with van der Waals surface area (Å²) in [6, 6.07) is 7.36. The standard InChI is InChI=1S/C14H14N4OS/c1-18(6-11-7-20-8-16-11)14(19)13-5-9-4-10(15)2-3-12(9)17-13/h2-5,7-8,17H,6,15H2,1H3. The summed E-state index contributed by atoms with van der Waals surface area (Å²) >= 11 is 1.52. The number of hydrogen-bond acceptors (Lipinski definition) is 4. The molecule has 6 heteroatoms. The molecule has 0 aliphatic carbocycles. The number of thiazole rings is 1. The molecule has 2 heterocycles. The summed E-state index contributed by atoms with van der Waals surface area (Å²) < 4.78 is 0. The van der Waals surface area contributed by atoms with Gasteiger partial charge in [0.1, 0.15) is 5.69 Å². The van der Waals surface area contributed by atoms with E-state index in [-0.39, 0.29) is 5.91 Å². The lowest BCUT2D eigenvalue weighted by atomic mass is 10.2. The van der Waals surface area contributed by atoms with Crippen LogP contribution in [0.1, 0.15) is 16.2 Å². The molecule has 0 saturated carbocycles. The smallest absolute Gasteiger partial charge is 0.270 e. The lowest BCUT2D eigenvalue weighted by Gasteiger charge is -2.14. The van der Waals surface area contributed by atoms with Gasteiger partial charge in [-0.2, -0.15) is 0 Å². The first-order valence-corrected chi connectivity index (χ1v) is 7.08. The fourth-order valence-corrected chi connectivity index (χ4v) is 2.65. The van der Waals surface area contributed by atoms with E-state index in [0.717, 1.165) is 16.6 Å². The average Bonchev–Trinajstić information content (AvgIpc) is 3.06. The molecule has 0 aliphatic heterocycles. The van der Waals surface area contributed by atoms with E-state index in [1.165, 1.54) is 11.3 Å². The normalized spacial score (nSPS) is 10.8. The quantitative estimate of drug-likeness (QED) is 0.726. The van der Waals surface area contributed by atoms with Crippen LogP contribution < -0.4 is 5.73 Å². The van der Waals surface area contributed by atoms with Crippen LogP contribution in [0.15, 0.2) is 35.2 Å². The Kier molecular flexibility index (Phi) is 3.15. The molecule has 0 fully saturated rings. The predicted octanol–water partition coefficient (Wildman–Crippen LogP) is 2.48. The van der Waals surface area contributed by atoms with Gasteiger partial charge in [-0.3, -0.25) is 4.79 Å². The van der Waals surface area contributed by atoms with Gasteiger partial charge in [-0.25, -0.2) is 4.98 Å². The van der Waals surface area contributed by atoms with Crippen LogP contribution in [0.2, 0.25) is 0 Å². The van der Waals surface area contributed by atoms with Crippen molar-refractivity contribution < 1.29 is 4.79 Å². The number of nitrogen functional groups attached to an aromatic ring is 1. The Morgan fingerprint density at radius 3 is 3.05 bits per heavy atom. The summed E-state index contributed by atoms with van der Waals surface area (Å²) in [5.41, 5.74) is 10.6. The third-order valence-electron chi connectivity index (χ3n) is 3.10. The largest absolute Gasteiger partial charge is 0.399 e. The third-order valence-corrected chi connectivity index (χ3v) is 3.74. The minimum absolute atomic E-state index is 0.0622. The fourth-order valence-electron chi connectivity index (χ4n) is 2.10. The van der Waals surface area contributed by atoms with E-state index in [2.05, 4.69) is 9.97 Å². The van der Waals surface area contributed by atoms with Crippen molar-refractivity contribution in [1.29, 1.82) is 0 Å². The molecule has 2 aromatic heterocycles. The van der Waals surface area contributed by atoms with Crippen molar-refractivity contribution in [3.8, 4) is 0 Å². The van der Waals surface area contributed by atoms with E-state index in [1.54, 1.807) is 17.5 Å². The van der Waals surface area contributed by atoms with Crippen molar-refractivity contribution in [3.05, 3.63) is 46.5 Å². The SMILES string of the molecule is CN(Cc1cscn1)C(=O)c1cc2cc(N)ccc2[nH]1. The highest BCUT2D eigenvalue weighted by atomic mass is 32.1. The molecule has 3 N–H and O–H groups in total. The van der Waals surface area contributed by atoms with Crippen LogP contribution in [-0.4, -0.2) is 27.8 Å². The zero-order chi connectivity index (χ0) is 14.1. The molecule has 1 amide bonds. The Balaban J connectivity index is 1.84. The topological polar surface area (TPSA) is 75.0 Å². The number of nitrogens with zero attached hydrogens (tertiary/aromatic N) is 2. The van der Waals surface area contributed by atoms with Crippen molar-refractivity contribution in [3.63, 3.8) is 0 Å². The summed E-state index contributed by atoms with van der Waals surface area (Å²) in [5, 5.41) is 2.88. The second-order valence-electron chi connectivity index (χ2n) is 4.67. The van der Waals surface area contributed by atoms with Gasteiger partial charge < -0.3 is 15.6 Å². The number of benzene rings is 1. The number of H-pyrrole nitrogens is 1. The van der Waals surface area contributed by atoms with E-state index < -0.39 is 0 Å². The van der Waals surface area contributed by atoms with Crippen molar-refractivity contribution in [1.82, 2.24) is 14.9 Å². The Bertz CT molecular complexity index is 748. The molecule has 0 bridgehead atoms. The van der Waals surface area contributed by atoms with E-state index in [4.69, 9.17) is 5.73 Å². The zero-order valence-corrected chi connectivity index (χ0v) is 11.8. The second-order valence-corrected chi connectivity index (χ2v) is 5.39. The van der Waals surface area contributed by atoms with Crippen molar-refractivity contribution in [2.24, 2.45) is 0 Å². The fraction of sp³-hybridized carbons (Fsp3) is 0.143. The van der Waals surface area contributed by atoms with Crippen molar-refractivity contribution in [2.45, 2.75) is 6.54 Å². The number of carbonyl (C=O) groups excluding carboxylic acids is 1. The molecule has 3 rings (SSSR count). The highest BCUT2D eigenvalue weighted by molar-refractivity contribution is 7.07. The van der Waals surface area contributed by atoms with Crippen LogP contribution >= 0.6 is 11.3 Å². The Morgan fingerprint density at radius 2 is 2.30 bits per heavy atom. The monoisotopic (exact) mass is 286 g/mol. The lowest BCUT2D eigenvalue weighted by molar-refractivity contribution is 0.0779. The number of amides is 1. The summed E-state index contributed by atoms with van der Waals surface area (Å²) in [5.74, 6) is -0.0622. The maximum Gasteiger partial charge on any atom is 0.270 e. The molecule has 102 valence electrons. The molecule has 0 radical (unpaired) electrons. The van der Waals surface area contributed by atoms with Gasteiger partial charge in [0.15, 0.2) is 0 Å². The number of rotatable bonds is 3. The maximum atomic E-state index is 12.4. The number of carbonyl (C=O) groups is 1. The number of aromatic nitrogens is 2. The predicted molar refractivity (Wildman–Crippen MR) is 80.6 cm³/mol. The Morgan fingerprint density at radius 1 is 1.45 bits per heavy atom. The minimum Gasteiger partial charge on any atom is -0.399 e. The number of fused-ring (bicyclic) bond motifs is 1. The molecule has 0 spiro atoms. The first kappa shape index (κ1) is 12.7. The third kappa shape index (κ3) is 2.37. The number of nitrogens with two attached hydrogens (primary N) is 1. The van der Waals surface area contributed by atoms with Crippen LogP contribution in [0, 0.1) is 0 Å². The Labute approximate surface area is 120 Å². The van der Waals surface area contributed by atoms with Gasteiger partial charge in [-0.15, -0.1) is 11.3 Å². The first-order valence-electron chi connectivity index (χ1n) is 6.14. The van der Waals surface area contributed by atoms with Gasteiger partial charge in [-0.1, -0.05) is 0 Å². The molecule has 0 aliphatic rings. The highest BCUT2D eigenvalue weighted by Crippen LogP contribution is 2.19. The number of anilines is 1. The van der Waals surface area contributed by atoms with Gasteiger partial charge in [0.2, 0.25) is 0 Å². The molecule has 5 nitrogen and oxygen atoms in total. The molecular weight excluding hydrogens is 272 g/mol. The van der Waals surface area contributed by atoms with Gasteiger partial charge in [0, 0.05) is 29.0 Å². The average molecular weight is 286 g/mol. The molecule has 3 aromatic rings. The molecular formula is C14H14N4OS. The van der Waals surface area contributed by atoms with Gasteiger partial charge in [-0.05, 0) is 24.3 Å². The number of hydrogen-bond donors (Lipinski definition) is 2. The highest BCUT2D eigenvalue weighted by Gasteiger charge is 2.15. The van der Waals surface area contributed by atoms with Crippen molar-refractivity contribution in [2.75, 3.05) is 12.8 Å². The first-order chi connectivity index (χ1) is 9.63. The molecule has 0 saturated heterocycles. The second kappa shape index (κ2) is 4.97. The maximum absolute atomic E-state index is 12.4. The summed E-state index contributed by atoms with van der Waals surface area (Å²) in [6.07, 6.45) is 0. The van der Waals surface area contributed by atoms with E-state index in [1.807, 2.05) is 29.6 Å². The van der Waals surface area contributed by atoms with Crippen molar-refractivity contribution >= 4 is 33.8 Å². The van der Waals surface area contributed by atoms with Crippen LogP contribution in [-0.2, 0) is 6.54 Å². The Hall–Kier alpha value is -2.34. The molecule has 20 heavy (non-hydrogen) atoms. The molecule has 0 atom stereocenters. The van der Waals surface area contributed by atoms with E-state index in [0.29, 0.717) is 17.9 Å². The van der Waals surface area contributed by atoms with Crippen LogP contribution in [0.4, 0.5) is 5.69 Å². The van der Waals surface area contributed by atoms with Gasteiger partial charge in [0.25, 0.3) is 5.91 Å². The van der Waals surface area contributed by atoms with Crippen LogP contribution in [0.3, 0.4) is 0 Å². The zero-order valence-electron chi connectivity index (χ0n) is 11.0. The van der Waals surface area contributed by atoms with E-state index in [9.17, 15) is 4.79 Å². The number of aromatic amines is 1.